The van der Waals surface area contributed by atoms with Crippen LogP contribution in [-0.2, 0) is 0 Å². The highest BCUT2D eigenvalue weighted by Crippen LogP contribution is 2.93. The molecule has 8 rings (SSSR count). The van der Waals surface area contributed by atoms with E-state index in [1.165, 1.54) is 37.6 Å². The molecule has 5 aliphatic rings. The van der Waals surface area contributed by atoms with E-state index in [0.29, 0.717) is 45.7 Å². The molecule has 3 N–H and O–H groups in total. The van der Waals surface area contributed by atoms with Gasteiger partial charge in [-0.2, -0.15) is 0 Å². The van der Waals surface area contributed by atoms with Gasteiger partial charge in [0.15, 0.2) is 5.82 Å². The predicted molar refractivity (Wildman–Crippen MR) is 165 cm³/mol. The van der Waals surface area contributed by atoms with Crippen LogP contribution in [0.5, 0.6) is 5.88 Å². The maximum absolute atomic E-state index is 13.6. The minimum Gasteiger partial charge on any atom is -0.474 e. The number of amides is 1. The van der Waals surface area contributed by atoms with E-state index in [0.717, 1.165) is 43.2 Å². The van der Waals surface area contributed by atoms with E-state index in [4.69, 9.17) is 9.72 Å². The highest BCUT2D eigenvalue weighted by atomic mass is 32.2. The lowest BCUT2D eigenvalue weighted by molar-refractivity contribution is 0.0768. The Morgan fingerprint density at radius 2 is 1.93 bits per heavy atom. The van der Waals surface area contributed by atoms with Crippen molar-refractivity contribution in [3.05, 3.63) is 48.2 Å². The zero-order valence-electron chi connectivity index (χ0n) is 24.8. The van der Waals surface area contributed by atoms with Crippen LogP contribution in [0.3, 0.4) is 0 Å². The lowest BCUT2D eigenvalue weighted by Crippen LogP contribution is -2.40. The topological polar surface area (TPSA) is 117 Å². The summed E-state index contributed by atoms with van der Waals surface area (Å²) in [6.45, 7) is 6.41. The first-order valence-corrected chi connectivity index (χ1v) is 16.4. The summed E-state index contributed by atoms with van der Waals surface area (Å²) in [7, 11) is 0. The van der Waals surface area contributed by atoms with Crippen LogP contribution in [0.25, 0.3) is 5.82 Å². The van der Waals surface area contributed by atoms with E-state index in [-0.39, 0.29) is 18.1 Å². The van der Waals surface area contributed by atoms with E-state index < -0.39 is 6.10 Å². The lowest BCUT2D eigenvalue weighted by Gasteiger charge is -2.34. The monoisotopic (exact) mass is 601 g/mol. The van der Waals surface area contributed by atoms with Gasteiger partial charge in [0.25, 0.3) is 5.91 Å². The number of aliphatic hydroxyl groups is 1. The Morgan fingerprint density at radius 1 is 1.12 bits per heavy atom. The van der Waals surface area contributed by atoms with Crippen LogP contribution >= 0.6 is 11.9 Å². The summed E-state index contributed by atoms with van der Waals surface area (Å²) in [5, 5.41) is 19.7. The second-order valence-electron chi connectivity index (χ2n) is 13.8. The molecule has 2 aliphatic heterocycles. The Kier molecular flexibility index (Phi) is 6.24. The second-order valence-corrected chi connectivity index (χ2v) is 14.6. The van der Waals surface area contributed by atoms with Gasteiger partial charge in [-0.05, 0) is 99.8 Å². The predicted octanol–water partition coefficient (Wildman–Crippen LogP) is 4.84. The Morgan fingerprint density at radius 3 is 2.72 bits per heavy atom. The molecule has 43 heavy (non-hydrogen) atoms. The van der Waals surface area contributed by atoms with Crippen molar-refractivity contribution in [1.82, 2.24) is 24.5 Å². The summed E-state index contributed by atoms with van der Waals surface area (Å²) in [4.78, 5) is 25.5. The number of nitrogens with one attached hydrogen (secondary N) is 2. The Bertz CT molecular complexity index is 1550. The third kappa shape index (κ3) is 4.66. The Balaban J connectivity index is 1.04. The summed E-state index contributed by atoms with van der Waals surface area (Å²) in [6.07, 6.45) is 9.58. The molecule has 1 saturated heterocycles. The van der Waals surface area contributed by atoms with Crippen molar-refractivity contribution in [2.24, 2.45) is 22.7 Å². The molecule has 3 aliphatic carbocycles. The van der Waals surface area contributed by atoms with Gasteiger partial charge < -0.3 is 20.1 Å². The number of carbonyl (C=O) groups excluding carboxylic acids is 1. The smallest absolute Gasteiger partial charge is 0.265 e. The number of anilines is 2. The van der Waals surface area contributed by atoms with Crippen molar-refractivity contribution in [2.75, 3.05) is 29.9 Å². The van der Waals surface area contributed by atoms with Gasteiger partial charge in [0.2, 0.25) is 5.88 Å². The number of carbonyl (C=O) groups is 1. The molecular formula is C32H39N7O3S. The molecule has 2 spiro atoms. The summed E-state index contributed by atoms with van der Waals surface area (Å²) in [6, 6.07) is 11.3. The number of aromatic nitrogens is 4. The van der Waals surface area contributed by atoms with Crippen LogP contribution in [0.15, 0.2) is 47.6 Å². The summed E-state index contributed by atoms with van der Waals surface area (Å²) in [5.41, 5.74) is 1.22. The minimum atomic E-state index is -0.445. The van der Waals surface area contributed by atoms with Gasteiger partial charge in [0.1, 0.15) is 23.3 Å². The zero-order valence-corrected chi connectivity index (χ0v) is 25.6. The molecule has 3 aromatic rings. The average molecular weight is 602 g/mol. The normalized spacial score (nSPS) is 25.2. The van der Waals surface area contributed by atoms with Gasteiger partial charge >= 0.3 is 0 Å². The first kappa shape index (κ1) is 27.3. The minimum absolute atomic E-state index is 0.163. The molecule has 4 bridgehead atoms. The molecule has 3 saturated carbocycles. The van der Waals surface area contributed by atoms with Crippen molar-refractivity contribution < 1.29 is 14.6 Å². The number of hydrogen-bond acceptors (Lipinski definition) is 9. The molecular weight excluding hydrogens is 562 g/mol. The number of rotatable bonds is 5. The van der Waals surface area contributed by atoms with Gasteiger partial charge in [0, 0.05) is 48.8 Å². The summed E-state index contributed by atoms with van der Waals surface area (Å²) in [5.74, 6) is 3.22. The second kappa shape index (κ2) is 9.85. The van der Waals surface area contributed by atoms with Gasteiger partial charge in [-0.1, -0.05) is 6.07 Å². The number of ether oxygens (including phenoxy) is 1. The van der Waals surface area contributed by atoms with Gasteiger partial charge in [-0.15, -0.1) is 5.10 Å². The maximum Gasteiger partial charge on any atom is 0.265 e. The van der Waals surface area contributed by atoms with Crippen LogP contribution in [-0.4, -0.2) is 62.1 Å². The van der Waals surface area contributed by atoms with Crippen LogP contribution in [0.2, 0.25) is 0 Å². The van der Waals surface area contributed by atoms with Crippen LogP contribution in [0.4, 0.5) is 11.6 Å². The first-order chi connectivity index (χ1) is 20.8. The molecule has 226 valence electrons. The highest BCUT2D eigenvalue weighted by molar-refractivity contribution is 7.97. The van der Waals surface area contributed by atoms with Crippen molar-refractivity contribution in [3.8, 4) is 11.7 Å². The number of aliphatic hydroxyl groups excluding tert-OH is 1. The van der Waals surface area contributed by atoms with Crippen LogP contribution < -0.4 is 19.7 Å². The van der Waals surface area contributed by atoms with Gasteiger partial charge in [-0.25, -0.2) is 14.6 Å². The molecule has 3 aromatic heterocycles. The van der Waals surface area contributed by atoms with Crippen molar-refractivity contribution in [2.45, 2.75) is 75.5 Å². The fourth-order valence-electron chi connectivity index (χ4n) is 8.41. The molecule has 2 atom stereocenters. The van der Waals surface area contributed by atoms with Crippen molar-refractivity contribution in [3.63, 3.8) is 0 Å². The number of fused-ring (bicyclic) bond motifs is 7. The first-order valence-electron chi connectivity index (χ1n) is 15.6. The number of pyridine rings is 2. The zero-order chi connectivity index (χ0) is 29.4. The van der Waals surface area contributed by atoms with Crippen molar-refractivity contribution >= 4 is 29.5 Å². The molecule has 11 heteroatoms. The summed E-state index contributed by atoms with van der Waals surface area (Å²) >= 11 is 1.21. The fourth-order valence-corrected chi connectivity index (χ4v) is 9.01. The lowest BCUT2D eigenvalue weighted by atomic mass is 9.93. The third-order valence-corrected chi connectivity index (χ3v) is 11.4. The molecule has 10 nitrogen and oxygen atoms in total. The third-order valence-electron chi connectivity index (χ3n) is 10.6. The standard InChI is InChI=1S/C32H39N7O3S/c1-30(2)17-20-5-4-15-33-23-6-3-7-26(34-23)43-37-29(41)21-8-9-24(35-28(21)38(30)18-20)39-16-10-25(36-39)42-19-22(40)27-31(11-12-31)32(27)13-14-32/h3,6-10,16,20,22,27,40H,4-5,11-15,17-19H2,1-2H3,(H,33,34)(H,37,41). The van der Waals surface area contributed by atoms with E-state index in [9.17, 15) is 9.90 Å². The van der Waals surface area contributed by atoms with Crippen LogP contribution in [0.1, 0.15) is 69.2 Å². The number of hydrogen-bond donors (Lipinski definition) is 3. The Hall–Kier alpha value is -3.31. The quantitative estimate of drug-likeness (QED) is 0.353. The maximum atomic E-state index is 13.6. The number of nitrogens with zero attached hydrogens (tertiary/aromatic N) is 5. The molecule has 4 fully saturated rings. The van der Waals surface area contributed by atoms with E-state index in [2.05, 4.69) is 38.9 Å². The fraction of sp³-hybridized carbons (Fsp3) is 0.562. The van der Waals surface area contributed by atoms with Crippen molar-refractivity contribution in [1.29, 1.82) is 0 Å². The average Bonchev–Trinajstić information content (AvgIpc) is 3.95. The molecule has 0 radical (unpaired) electrons. The van der Waals surface area contributed by atoms with Gasteiger partial charge in [-0.3, -0.25) is 9.52 Å². The highest BCUT2D eigenvalue weighted by Gasteiger charge is 2.87. The van der Waals surface area contributed by atoms with Crippen LogP contribution in [0, 0.1) is 22.7 Å². The molecule has 1 amide bonds. The molecule has 5 heterocycles. The molecule has 0 aromatic carbocycles. The largest absolute Gasteiger partial charge is 0.474 e. The SMILES string of the molecule is CC1(C)CC2CCCNc3cccc(n3)SNC(=O)c3ccc(-n4ccc(OCC(O)C5C6(CC6)C56CC6)n4)nc3N1C2. The van der Waals surface area contributed by atoms with E-state index >= 15 is 0 Å². The molecule has 2 unspecified atom stereocenters. The summed E-state index contributed by atoms with van der Waals surface area (Å²) < 4.78 is 10.6. The van der Waals surface area contributed by atoms with Gasteiger partial charge in [0.05, 0.1) is 11.7 Å². The van der Waals surface area contributed by atoms with E-state index in [1.807, 2.05) is 42.6 Å². The Labute approximate surface area is 256 Å². The van der Waals surface area contributed by atoms with E-state index in [1.54, 1.807) is 4.68 Å².